The molecule has 0 radical (unpaired) electrons. The van der Waals surface area contributed by atoms with E-state index in [9.17, 15) is 0 Å². The van der Waals surface area contributed by atoms with Gasteiger partial charge < -0.3 is 4.42 Å². The Morgan fingerprint density at radius 1 is 0.323 bits per heavy atom. The number of para-hydroxylation sites is 2. The molecule has 1 aliphatic carbocycles. The molecule has 0 saturated carbocycles. The summed E-state index contributed by atoms with van der Waals surface area (Å²) in [6.07, 6.45) is 0. The van der Waals surface area contributed by atoms with E-state index < -0.39 is 5.41 Å². The molecule has 9 aromatic carbocycles. The Morgan fingerprint density at radius 2 is 0.887 bits per heavy atom. The highest BCUT2D eigenvalue weighted by atomic mass is 16.3. The van der Waals surface area contributed by atoms with Crippen molar-refractivity contribution in [2.24, 2.45) is 0 Å². The number of furan rings is 1. The van der Waals surface area contributed by atoms with E-state index in [0.29, 0.717) is 5.82 Å². The molecular weight excluding hydrogens is 753 g/mol. The van der Waals surface area contributed by atoms with Gasteiger partial charge in [-0.2, -0.15) is 0 Å². The van der Waals surface area contributed by atoms with Crippen molar-refractivity contribution >= 4 is 21.9 Å². The molecule has 0 N–H and O–H groups in total. The predicted octanol–water partition coefficient (Wildman–Crippen LogP) is 15.1. The highest BCUT2D eigenvalue weighted by Gasteiger charge is 2.46. The molecule has 0 fully saturated rings. The van der Waals surface area contributed by atoms with Gasteiger partial charge in [-0.15, -0.1) is 0 Å². The molecule has 2 aromatic heterocycles. The molecule has 0 saturated heterocycles. The Labute approximate surface area is 360 Å². The standard InChI is InChI=1S/C59H38N2O/c1-5-18-39(19-6-1)41-32-35-47(51(36-41)50-29-17-28-49-48-27-14-16-31-56(48)62-57(49)50)55-38-54(60-58(61-55)40-20-7-2-8-21-40)42-33-34-46-45-26-13-15-30-52(45)59(53(46)37-42,43-22-9-3-10-23-43)44-24-11-4-12-25-44/h1-38H. The fraction of sp³-hybridized carbons (Fsp3) is 0.0169. The maximum atomic E-state index is 6.69. The molecular formula is C59H38N2O. The Bertz CT molecular complexity index is 3410. The lowest BCUT2D eigenvalue weighted by Gasteiger charge is -2.34. The van der Waals surface area contributed by atoms with E-state index in [1.54, 1.807) is 0 Å². The Balaban J connectivity index is 1.11. The first-order valence-electron chi connectivity index (χ1n) is 21.1. The summed E-state index contributed by atoms with van der Waals surface area (Å²) < 4.78 is 6.69. The number of fused-ring (bicyclic) bond motifs is 6. The number of nitrogens with zero attached hydrogens (tertiary/aromatic N) is 2. The van der Waals surface area contributed by atoms with Crippen LogP contribution in [0.2, 0.25) is 0 Å². The van der Waals surface area contributed by atoms with E-state index in [2.05, 4.69) is 200 Å². The topological polar surface area (TPSA) is 38.9 Å². The molecule has 3 nitrogen and oxygen atoms in total. The van der Waals surface area contributed by atoms with Gasteiger partial charge in [-0.1, -0.05) is 206 Å². The fourth-order valence-corrected chi connectivity index (χ4v) is 9.81. The normalized spacial score (nSPS) is 12.6. The Hall–Kier alpha value is -8.14. The highest BCUT2D eigenvalue weighted by molar-refractivity contribution is 6.11. The summed E-state index contributed by atoms with van der Waals surface area (Å²) in [5.41, 5.74) is 17.6. The number of aromatic nitrogens is 2. The lowest BCUT2D eigenvalue weighted by molar-refractivity contribution is 0.670. The van der Waals surface area contributed by atoms with Gasteiger partial charge >= 0.3 is 0 Å². The molecule has 12 rings (SSSR count). The Kier molecular flexibility index (Phi) is 8.39. The predicted molar refractivity (Wildman–Crippen MR) is 254 cm³/mol. The smallest absolute Gasteiger partial charge is 0.160 e. The van der Waals surface area contributed by atoms with E-state index in [1.165, 1.54) is 33.4 Å². The summed E-state index contributed by atoms with van der Waals surface area (Å²) in [6.45, 7) is 0. The maximum absolute atomic E-state index is 6.69. The van der Waals surface area contributed by atoms with Gasteiger partial charge in [-0.25, -0.2) is 9.97 Å². The zero-order valence-corrected chi connectivity index (χ0v) is 33.7. The van der Waals surface area contributed by atoms with Crippen molar-refractivity contribution in [1.29, 1.82) is 0 Å². The summed E-state index contributed by atoms with van der Waals surface area (Å²) in [6, 6.07) is 82.2. The molecule has 11 aromatic rings. The van der Waals surface area contributed by atoms with Crippen LogP contribution in [0.25, 0.3) is 89.2 Å². The summed E-state index contributed by atoms with van der Waals surface area (Å²) in [5, 5.41) is 2.18. The Morgan fingerprint density at radius 3 is 1.65 bits per heavy atom. The van der Waals surface area contributed by atoms with Crippen LogP contribution in [0.15, 0.2) is 235 Å². The summed E-state index contributed by atoms with van der Waals surface area (Å²) >= 11 is 0. The van der Waals surface area contributed by atoms with Crippen LogP contribution in [-0.2, 0) is 5.41 Å². The van der Waals surface area contributed by atoms with Crippen molar-refractivity contribution in [3.05, 3.63) is 253 Å². The first-order chi connectivity index (χ1) is 30.7. The second kappa shape index (κ2) is 14.5. The molecule has 0 aliphatic heterocycles. The van der Waals surface area contributed by atoms with Crippen molar-refractivity contribution in [1.82, 2.24) is 9.97 Å². The van der Waals surface area contributed by atoms with Crippen molar-refractivity contribution in [3.63, 3.8) is 0 Å². The van der Waals surface area contributed by atoms with Gasteiger partial charge in [0.25, 0.3) is 0 Å². The third-order valence-corrected chi connectivity index (χ3v) is 12.6. The second-order valence-corrected chi connectivity index (χ2v) is 16.0. The monoisotopic (exact) mass is 790 g/mol. The quantitative estimate of drug-likeness (QED) is 0.161. The van der Waals surface area contributed by atoms with Crippen LogP contribution in [0.4, 0.5) is 0 Å². The largest absolute Gasteiger partial charge is 0.455 e. The molecule has 2 heterocycles. The number of benzene rings is 9. The number of hydrogen-bond acceptors (Lipinski definition) is 3. The summed E-state index contributed by atoms with van der Waals surface area (Å²) in [7, 11) is 0. The average Bonchev–Trinajstić information content (AvgIpc) is 3.89. The van der Waals surface area contributed by atoms with E-state index in [4.69, 9.17) is 14.4 Å². The van der Waals surface area contributed by atoms with Gasteiger partial charge in [0.05, 0.1) is 16.8 Å². The fourth-order valence-electron chi connectivity index (χ4n) is 9.81. The summed E-state index contributed by atoms with van der Waals surface area (Å²) in [5.74, 6) is 0.666. The number of hydrogen-bond donors (Lipinski definition) is 0. The maximum Gasteiger partial charge on any atom is 0.160 e. The molecule has 290 valence electrons. The van der Waals surface area contributed by atoms with Crippen LogP contribution in [0, 0.1) is 0 Å². The van der Waals surface area contributed by atoms with Crippen LogP contribution in [-0.4, -0.2) is 9.97 Å². The average molecular weight is 791 g/mol. The van der Waals surface area contributed by atoms with Crippen LogP contribution in [0.1, 0.15) is 22.3 Å². The van der Waals surface area contributed by atoms with Crippen molar-refractivity contribution in [2.45, 2.75) is 5.41 Å². The lowest BCUT2D eigenvalue weighted by atomic mass is 9.67. The van der Waals surface area contributed by atoms with Crippen molar-refractivity contribution < 1.29 is 4.42 Å². The molecule has 62 heavy (non-hydrogen) atoms. The first-order valence-corrected chi connectivity index (χ1v) is 21.1. The highest BCUT2D eigenvalue weighted by Crippen LogP contribution is 2.56. The van der Waals surface area contributed by atoms with Gasteiger partial charge in [-0.05, 0) is 74.3 Å². The second-order valence-electron chi connectivity index (χ2n) is 16.0. The molecule has 1 aliphatic rings. The van der Waals surface area contributed by atoms with Crippen LogP contribution >= 0.6 is 0 Å². The van der Waals surface area contributed by atoms with Crippen molar-refractivity contribution in [2.75, 3.05) is 0 Å². The first kappa shape index (κ1) is 35.8. The zero-order chi connectivity index (χ0) is 41.0. The van der Waals surface area contributed by atoms with Gasteiger partial charge in [0.15, 0.2) is 5.82 Å². The molecule has 0 spiro atoms. The van der Waals surface area contributed by atoms with E-state index in [1.807, 2.05) is 30.3 Å². The van der Waals surface area contributed by atoms with E-state index in [-0.39, 0.29) is 0 Å². The third kappa shape index (κ3) is 5.67. The van der Waals surface area contributed by atoms with E-state index >= 15 is 0 Å². The number of rotatable bonds is 7. The van der Waals surface area contributed by atoms with Crippen molar-refractivity contribution in [3.8, 4) is 67.3 Å². The van der Waals surface area contributed by atoms with Gasteiger partial charge in [0.1, 0.15) is 11.2 Å². The zero-order valence-electron chi connectivity index (χ0n) is 33.7. The molecule has 0 atom stereocenters. The minimum Gasteiger partial charge on any atom is -0.455 e. The summed E-state index contributed by atoms with van der Waals surface area (Å²) in [4.78, 5) is 10.8. The van der Waals surface area contributed by atoms with Gasteiger partial charge in [0, 0.05) is 33.0 Å². The SMILES string of the molecule is c1ccc(-c2ccc(-c3cc(-c4ccc5c(c4)C(c4ccccc4)(c4ccccc4)c4ccccc4-5)nc(-c4ccccc4)n3)c(-c3cccc4c3oc3ccccc34)c2)cc1. The van der Waals surface area contributed by atoms with Gasteiger partial charge in [0.2, 0.25) is 0 Å². The molecule has 0 amide bonds. The van der Waals surface area contributed by atoms with Crippen LogP contribution in [0.5, 0.6) is 0 Å². The molecule has 0 bridgehead atoms. The third-order valence-electron chi connectivity index (χ3n) is 12.6. The minimum atomic E-state index is -0.533. The van der Waals surface area contributed by atoms with Crippen LogP contribution < -0.4 is 0 Å². The van der Waals surface area contributed by atoms with E-state index in [0.717, 1.165) is 72.3 Å². The molecule has 0 unspecified atom stereocenters. The minimum absolute atomic E-state index is 0.533. The lowest BCUT2D eigenvalue weighted by Crippen LogP contribution is -2.28. The van der Waals surface area contributed by atoms with Gasteiger partial charge in [-0.3, -0.25) is 0 Å². The van der Waals surface area contributed by atoms with Crippen LogP contribution in [0.3, 0.4) is 0 Å². The molecule has 3 heteroatoms.